The fraction of sp³-hybridized carbons (Fsp3) is 0.261. The highest BCUT2D eigenvalue weighted by atomic mass is 31.2. The minimum absolute atomic E-state index is 0.333. The molecule has 0 amide bonds. The van der Waals surface area contributed by atoms with Crippen LogP contribution in [0.2, 0.25) is 0 Å². The first-order chi connectivity index (χ1) is 14.8. The molecule has 0 radical (unpaired) electrons. The predicted molar refractivity (Wildman–Crippen MR) is 118 cm³/mol. The number of aliphatic hydroxyl groups is 1. The summed E-state index contributed by atoms with van der Waals surface area (Å²) in [7, 11) is -4.67. The van der Waals surface area contributed by atoms with E-state index in [-0.39, 0.29) is 6.61 Å². The number of hydrogen-bond acceptors (Lipinski definition) is 4. The molecule has 0 aliphatic carbocycles. The number of nitrogens with zero attached hydrogens (tertiary/aromatic N) is 2. The predicted octanol–water partition coefficient (Wildman–Crippen LogP) is 3.87. The highest BCUT2D eigenvalue weighted by Gasteiger charge is 2.21. The highest BCUT2D eigenvalue weighted by molar-refractivity contribution is 7.46. The van der Waals surface area contributed by atoms with Gasteiger partial charge in [0.05, 0.1) is 6.61 Å². The molecule has 0 saturated heterocycles. The number of benzene rings is 2. The quantitative estimate of drug-likeness (QED) is 0.381. The SMILES string of the molecule is CCc1ccc(-c2ccc(C#C[C@@H](COP(=O)(O)O)n3ccnc3[C@H](C)O)cc2)cc1. The van der Waals surface area contributed by atoms with Gasteiger partial charge >= 0.3 is 7.82 Å². The van der Waals surface area contributed by atoms with Crippen molar-refractivity contribution in [3.05, 3.63) is 77.9 Å². The summed E-state index contributed by atoms with van der Waals surface area (Å²) >= 11 is 0. The van der Waals surface area contributed by atoms with Crippen molar-refractivity contribution in [2.24, 2.45) is 0 Å². The van der Waals surface area contributed by atoms with Crippen LogP contribution in [0, 0.1) is 11.8 Å². The van der Waals surface area contributed by atoms with Crippen molar-refractivity contribution < 1.29 is 24.0 Å². The lowest BCUT2D eigenvalue weighted by Gasteiger charge is -2.17. The van der Waals surface area contributed by atoms with E-state index in [1.807, 2.05) is 24.3 Å². The van der Waals surface area contributed by atoms with E-state index in [0.717, 1.165) is 23.1 Å². The Labute approximate surface area is 181 Å². The van der Waals surface area contributed by atoms with Crippen LogP contribution in [0.25, 0.3) is 11.1 Å². The van der Waals surface area contributed by atoms with E-state index in [1.54, 1.807) is 17.7 Å². The van der Waals surface area contributed by atoms with Crippen LogP contribution in [-0.2, 0) is 15.5 Å². The van der Waals surface area contributed by atoms with Gasteiger partial charge in [-0.05, 0) is 42.2 Å². The van der Waals surface area contributed by atoms with Crippen LogP contribution in [-0.4, -0.2) is 31.1 Å². The second-order valence-electron chi connectivity index (χ2n) is 7.07. The third kappa shape index (κ3) is 6.38. The minimum atomic E-state index is -4.67. The standard InChI is InChI=1S/C23H25N2O5P/c1-3-18-4-9-20(10-5-18)21-11-6-19(7-12-21)8-13-22(16-30-31(27,28)29)25-15-14-24-23(25)17(2)26/h4-7,9-12,14-15,17,22,26H,3,16H2,1-2H3,(H2,27,28,29)/t17-,22-/m0/s1. The molecule has 2 aromatic carbocycles. The minimum Gasteiger partial charge on any atom is -0.385 e. The van der Waals surface area contributed by atoms with Gasteiger partial charge in [-0.3, -0.25) is 4.52 Å². The van der Waals surface area contributed by atoms with Gasteiger partial charge in [-0.25, -0.2) is 9.55 Å². The van der Waals surface area contributed by atoms with Gasteiger partial charge in [-0.2, -0.15) is 0 Å². The maximum atomic E-state index is 11.2. The number of phosphoric ester groups is 1. The molecule has 31 heavy (non-hydrogen) atoms. The molecule has 0 saturated carbocycles. The summed E-state index contributed by atoms with van der Waals surface area (Å²) in [5.74, 6) is 6.33. The lowest BCUT2D eigenvalue weighted by molar-refractivity contribution is 0.165. The second kappa shape index (κ2) is 10.1. The smallest absolute Gasteiger partial charge is 0.385 e. The Hall–Kier alpha value is -2.72. The number of hydrogen-bond donors (Lipinski definition) is 3. The molecule has 3 aromatic rings. The van der Waals surface area contributed by atoms with Gasteiger partial charge in [0.25, 0.3) is 0 Å². The summed E-state index contributed by atoms with van der Waals surface area (Å²) in [6.45, 7) is 3.32. The first kappa shape index (κ1) is 23.0. The second-order valence-corrected chi connectivity index (χ2v) is 8.31. The van der Waals surface area contributed by atoms with Crippen LogP contribution in [0.1, 0.15) is 42.9 Å². The Morgan fingerprint density at radius 3 is 2.26 bits per heavy atom. The number of aliphatic hydroxyl groups excluding tert-OH is 1. The molecule has 0 bridgehead atoms. The zero-order valence-corrected chi connectivity index (χ0v) is 18.2. The first-order valence-electron chi connectivity index (χ1n) is 9.88. The zero-order valence-electron chi connectivity index (χ0n) is 17.3. The molecule has 3 N–H and O–H groups in total. The molecule has 2 atom stereocenters. The van der Waals surface area contributed by atoms with Gasteiger partial charge in [-0.1, -0.05) is 55.2 Å². The number of aryl methyl sites for hydroxylation is 1. The Morgan fingerprint density at radius 2 is 1.71 bits per heavy atom. The van der Waals surface area contributed by atoms with Crippen LogP contribution in [0.3, 0.4) is 0 Å². The van der Waals surface area contributed by atoms with Crippen LogP contribution in [0.15, 0.2) is 60.9 Å². The van der Waals surface area contributed by atoms with Crippen LogP contribution in [0.5, 0.6) is 0 Å². The average molecular weight is 440 g/mol. The summed E-state index contributed by atoms with van der Waals surface area (Å²) < 4.78 is 17.4. The van der Waals surface area contributed by atoms with Gasteiger partial charge in [0.2, 0.25) is 0 Å². The third-order valence-corrected chi connectivity index (χ3v) is 5.26. The van der Waals surface area contributed by atoms with E-state index in [1.165, 1.54) is 11.8 Å². The normalized spacial score (nSPS) is 13.3. The van der Waals surface area contributed by atoms with Crippen molar-refractivity contribution in [3.63, 3.8) is 0 Å². The molecular formula is C23H25N2O5P. The maximum absolute atomic E-state index is 11.2. The summed E-state index contributed by atoms with van der Waals surface area (Å²) in [5, 5.41) is 9.90. The summed E-state index contributed by atoms with van der Waals surface area (Å²) in [4.78, 5) is 22.2. The van der Waals surface area contributed by atoms with Crippen LogP contribution in [0.4, 0.5) is 0 Å². The Kier molecular flexibility index (Phi) is 7.45. The molecule has 1 heterocycles. The largest absolute Gasteiger partial charge is 0.469 e. The average Bonchev–Trinajstić information content (AvgIpc) is 3.24. The van der Waals surface area contributed by atoms with Gasteiger partial charge in [0, 0.05) is 18.0 Å². The Balaban J connectivity index is 1.83. The molecule has 8 heteroatoms. The lowest BCUT2D eigenvalue weighted by Crippen LogP contribution is -2.17. The van der Waals surface area contributed by atoms with E-state index < -0.39 is 20.0 Å². The lowest BCUT2D eigenvalue weighted by atomic mass is 10.0. The van der Waals surface area contributed by atoms with Gasteiger partial charge < -0.3 is 19.5 Å². The zero-order chi connectivity index (χ0) is 22.4. The number of phosphoric acid groups is 1. The summed E-state index contributed by atoms with van der Waals surface area (Å²) in [6, 6.07) is 15.4. The molecule has 0 aliphatic rings. The number of rotatable bonds is 7. The maximum Gasteiger partial charge on any atom is 0.469 e. The van der Waals surface area contributed by atoms with Crippen molar-refractivity contribution in [2.75, 3.05) is 6.61 Å². The third-order valence-electron chi connectivity index (χ3n) is 4.77. The Bertz CT molecular complexity index is 1110. The van der Waals surface area contributed by atoms with Crippen LogP contribution < -0.4 is 0 Å². The van der Waals surface area contributed by atoms with Crippen molar-refractivity contribution in [1.82, 2.24) is 9.55 Å². The molecule has 0 fully saturated rings. The van der Waals surface area contributed by atoms with Gasteiger partial charge in [0.15, 0.2) is 0 Å². The summed E-state index contributed by atoms with van der Waals surface area (Å²) in [6.07, 6.45) is 3.21. The van der Waals surface area contributed by atoms with E-state index >= 15 is 0 Å². The van der Waals surface area contributed by atoms with Crippen LogP contribution >= 0.6 is 7.82 Å². The molecule has 0 spiro atoms. The van der Waals surface area contributed by atoms with E-state index in [4.69, 9.17) is 9.79 Å². The van der Waals surface area contributed by atoms with E-state index in [9.17, 15) is 9.67 Å². The Morgan fingerprint density at radius 1 is 1.10 bits per heavy atom. The highest BCUT2D eigenvalue weighted by Crippen LogP contribution is 2.37. The number of imidazole rings is 1. The molecule has 0 aliphatic heterocycles. The molecule has 7 nitrogen and oxygen atoms in total. The first-order valence-corrected chi connectivity index (χ1v) is 11.4. The van der Waals surface area contributed by atoms with Crippen molar-refractivity contribution in [1.29, 1.82) is 0 Å². The number of aromatic nitrogens is 2. The van der Waals surface area contributed by atoms with Crippen molar-refractivity contribution in [2.45, 2.75) is 32.4 Å². The fourth-order valence-corrected chi connectivity index (χ4v) is 3.45. The molecule has 1 aromatic heterocycles. The van der Waals surface area contributed by atoms with Gasteiger partial charge in [0.1, 0.15) is 18.0 Å². The molecule has 3 rings (SSSR count). The van der Waals surface area contributed by atoms with E-state index in [2.05, 4.69) is 52.5 Å². The topological polar surface area (TPSA) is 105 Å². The van der Waals surface area contributed by atoms with Crippen molar-refractivity contribution in [3.8, 4) is 23.0 Å². The van der Waals surface area contributed by atoms with Crippen molar-refractivity contribution >= 4 is 7.82 Å². The fourth-order valence-electron chi connectivity index (χ4n) is 3.12. The summed E-state index contributed by atoms with van der Waals surface area (Å²) in [5.41, 5.74) is 4.21. The van der Waals surface area contributed by atoms with E-state index in [0.29, 0.717) is 5.82 Å². The molecular weight excluding hydrogens is 415 g/mol. The van der Waals surface area contributed by atoms with Gasteiger partial charge in [-0.15, -0.1) is 0 Å². The monoisotopic (exact) mass is 440 g/mol. The molecule has 162 valence electrons. The molecule has 0 unspecified atom stereocenters.